The number of nitrogens with one attached hydrogen (secondary N) is 2. The van der Waals surface area contributed by atoms with Crippen molar-refractivity contribution in [2.24, 2.45) is 0 Å². The van der Waals surface area contributed by atoms with Crippen LogP contribution in [0, 0.1) is 6.92 Å². The molecule has 0 atom stereocenters. The lowest BCUT2D eigenvalue weighted by Crippen LogP contribution is -2.09. The van der Waals surface area contributed by atoms with Crippen LogP contribution in [0.5, 0.6) is 0 Å². The maximum atomic E-state index is 4.48. The normalized spacial score (nSPS) is 10.4. The number of benzene rings is 1. The van der Waals surface area contributed by atoms with Crippen LogP contribution >= 0.6 is 0 Å². The Kier molecular flexibility index (Phi) is 6.00. The predicted molar refractivity (Wildman–Crippen MR) is 88.8 cm³/mol. The van der Waals surface area contributed by atoms with Gasteiger partial charge < -0.3 is 10.6 Å². The second kappa shape index (κ2) is 8.25. The van der Waals surface area contributed by atoms with E-state index in [0.717, 1.165) is 43.9 Å². The zero-order chi connectivity index (χ0) is 14.9. The van der Waals surface area contributed by atoms with Crippen LogP contribution in [0.2, 0.25) is 0 Å². The summed E-state index contributed by atoms with van der Waals surface area (Å²) in [6.07, 6.45) is 3.24. The molecule has 0 aliphatic heterocycles. The Morgan fingerprint density at radius 3 is 2.57 bits per heavy atom. The monoisotopic (exact) mass is 284 g/mol. The highest BCUT2D eigenvalue weighted by Gasteiger charge is 2.01. The van der Waals surface area contributed by atoms with Gasteiger partial charge in [-0.2, -0.15) is 4.98 Å². The largest absolute Gasteiger partial charge is 0.370 e. The van der Waals surface area contributed by atoms with Crippen molar-refractivity contribution in [1.82, 2.24) is 9.97 Å². The molecule has 0 amide bonds. The molecule has 2 rings (SSSR count). The van der Waals surface area contributed by atoms with Crippen molar-refractivity contribution in [3.05, 3.63) is 47.7 Å². The fourth-order valence-electron chi connectivity index (χ4n) is 2.13. The molecule has 1 aromatic carbocycles. The number of rotatable bonds is 8. The third-order valence-corrected chi connectivity index (χ3v) is 3.18. The molecule has 0 bridgehead atoms. The maximum Gasteiger partial charge on any atom is 0.224 e. The molecule has 4 nitrogen and oxygen atoms in total. The molecule has 0 aliphatic rings. The molecule has 0 fully saturated rings. The number of aryl methyl sites for hydroxylation is 2. The van der Waals surface area contributed by atoms with E-state index in [1.165, 1.54) is 5.56 Å². The van der Waals surface area contributed by atoms with Gasteiger partial charge in [0.05, 0.1) is 0 Å². The Morgan fingerprint density at radius 1 is 1.00 bits per heavy atom. The molecule has 112 valence electrons. The maximum absolute atomic E-state index is 4.48. The first-order valence-electron chi connectivity index (χ1n) is 7.65. The van der Waals surface area contributed by atoms with Gasteiger partial charge in [0, 0.05) is 24.8 Å². The van der Waals surface area contributed by atoms with Gasteiger partial charge in [0.1, 0.15) is 5.82 Å². The van der Waals surface area contributed by atoms with E-state index in [4.69, 9.17) is 0 Å². The molecular formula is C17H24N4. The molecule has 0 aliphatic carbocycles. The summed E-state index contributed by atoms with van der Waals surface area (Å²) >= 11 is 0. The van der Waals surface area contributed by atoms with Crippen molar-refractivity contribution in [3.63, 3.8) is 0 Å². The van der Waals surface area contributed by atoms with E-state index in [1.807, 2.05) is 13.0 Å². The summed E-state index contributed by atoms with van der Waals surface area (Å²) in [7, 11) is 0. The van der Waals surface area contributed by atoms with Gasteiger partial charge in [-0.1, -0.05) is 37.3 Å². The van der Waals surface area contributed by atoms with Gasteiger partial charge in [0.15, 0.2) is 0 Å². The highest BCUT2D eigenvalue weighted by molar-refractivity contribution is 5.42. The Hall–Kier alpha value is -2.10. The third-order valence-electron chi connectivity index (χ3n) is 3.18. The SMILES string of the molecule is CCCNc1nc(C)cc(NCCCc2ccccc2)n1. The summed E-state index contributed by atoms with van der Waals surface area (Å²) in [5.41, 5.74) is 2.36. The zero-order valence-corrected chi connectivity index (χ0v) is 12.9. The van der Waals surface area contributed by atoms with Crippen LogP contribution in [0.1, 0.15) is 31.0 Å². The van der Waals surface area contributed by atoms with Crippen LogP contribution in [0.3, 0.4) is 0 Å². The summed E-state index contributed by atoms with van der Waals surface area (Å²) in [6.45, 7) is 5.94. The number of hydrogen-bond donors (Lipinski definition) is 2. The topological polar surface area (TPSA) is 49.8 Å². The van der Waals surface area contributed by atoms with Crippen LogP contribution < -0.4 is 10.6 Å². The van der Waals surface area contributed by atoms with E-state index in [0.29, 0.717) is 5.95 Å². The predicted octanol–water partition coefficient (Wildman–Crippen LogP) is 3.65. The first-order chi connectivity index (χ1) is 10.3. The third kappa shape index (κ3) is 5.42. The van der Waals surface area contributed by atoms with Crippen molar-refractivity contribution in [2.75, 3.05) is 23.7 Å². The van der Waals surface area contributed by atoms with E-state index in [2.05, 4.69) is 57.9 Å². The molecule has 21 heavy (non-hydrogen) atoms. The lowest BCUT2D eigenvalue weighted by molar-refractivity contribution is 0.856. The standard InChI is InChI=1S/C17H24N4/c1-3-11-19-17-20-14(2)13-16(21-17)18-12-7-10-15-8-5-4-6-9-15/h4-6,8-9,13H,3,7,10-12H2,1-2H3,(H2,18,19,20,21). The summed E-state index contributed by atoms with van der Waals surface area (Å²) < 4.78 is 0. The van der Waals surface area contributed by atoms with E-state index in [9.17, 15) is 0 Å². The molecule has 1 heterocycles. The van der Waals surface area contributed by atoms with E-state index < -0.39 is 0 Å². The van der Waals surface area contributed by atoms with Crippen LogP contribution in [0.25, 0.3) is 0 Å². The second-order valence-electron chi connectivity index (χ2n) is 5.16. The van der Waals surface area contributed by atoms with Crippen molar-refractivity contribution in [1.29, 1.82) is 0 Å². The van der Waals surface area contributed by atoms with Gasteiger partial charge in [-0.3, -0.25) is 0 Å². The Bertz CT molecular complexity index is 540. The fourth-order valence-corrected chi connectivity index (χ4v) is 2.13. The number of hydrogen-bond acceptors (Lipinski definition) is 4. The van der Waals surface area contributed by atoms with Gasteiger partial charge in [0.25, 0.3) is 0 Å². The summed E-state index contributed by atoms with van der Waals surface area (Å²) in [4.78, 5) is 8.87. The van der Waals surface area contributed by atoms with Crippen LogP contribution in [0.4, 0.5) is 11.8 Å². The number of nitrogens with zero attached hydrogens (tertiary/aromatic N) is 2. The Labute approximate surface area is 127 Å². The number of aromatic nitrogens is 2. The fraction of sp³-hybridized carbons (Fsp3) is 0.412. The minimum absolute atomic E-state index is 0.711. The molecule has 1 aromatic heterocycles. The van der Waals surface area contributed by atoms with E-state index >= 15 is 0 Å². The van der Waals surface area contributed by atoms with Gasteiger partial charge in [-0.15, -0.1) is 0 Å². The smallest absolute Gasteiger partial charge is 0.224 e. The minimum atomic E-state index is 0.711. The highest BCUT2D eigenvalue weighted by Crippen LogP contribution is 2.10. The van der Waals surface area contributed by atoms with Crippen molar-refractivity contribution in [3.8, 4) is 0 Å². The average molecular weight is 284 g/mol. The summed E-state index contributed by atoms with van der Waals surface area (Å²) in [5, 5.41) is 6.61. The van der Waals surface area contributed by atoms with Crippen LogP contribution in [-0.2, 0) is 6.42 Å². The quantitative estimate of drug-likeness (QED) is 0.726. The van der Waals surface area contributed by atoms with Crippen molar-refractivity contribution < 1.29 is 0 Å². The minimum Gasteiger partial charge on any atom is -0.370 e. The van der Waals surface area contributed by atoms with Gasteiger partial charge >= 0.3 is 0 Å². The van der Waals surface area contributed by atoms with Crippen molar-refractivity contribution >= 4 is 11.8 Å². The molecule has 0 unspecified atom stereocenters. The van der Waals surface area contributed by atoms with Gasteiger partial charge in [0.2, 0.25) is 5.95 Å². The first kappa shape index (κ1) is 15.3. The lowest BCUT2D eigenvalue weighted by Gasteiger charge is -2.09. The molecule has 2 aromatic rings. The van der Waals surface area contributed by atoms with Gasteiger partial charge in [-0.05, 0) is 31.7 Å². The lowest BCUT2D eigenvalue weighted by atomic mass is 10.1. The zero-order valence-electron chi connectivity index (χ0n) is 12.9. The van der Waals surface area contributed by atoms with E-state index in [1.54, 1.807) is 0 Å². The Balaban J connectivity index is 1.81. The second-order valence-corrected chi connectivity index (χ2v) is 5.16. The Morgan fingerprint density at radius 2 is 1.81 bits per heavy atom. The molecule has 0 saturated carbocycles. The van der Waals surface area contributed by atoms with Gasteiger partial charge in [-0.25, -0.2) is 4.98 Å². The first-order valence-corrected chi connectivity index (χ1v) is 7.65. The highest BCUT2D eigenvalue weighted by atomic mass is 15.1. The van der Waals surface area contributed by atoms with Crippen LogP contribution in [0.15, 0.2) is 36.4 Å². The average Bonchev–Trinajstić information content (AvgIpc) is 2.50. The molecule has 4 heteroatoms. The molecule has 2 N–H and O–H groups in total. The molecule has 0 saturated heterocycles. The van der Waals surface area contributed by atoms with Crippen LogP contribution in [-0.4, -0.2) is 23.1 Å². The van der Waals surface area contributed by atoms with E-state index in [-0.39, 0.29) is 0 Å². The summed E-state index contributed by atoms with van der Waals surface area (Å²) in [5.74, 6) is 1.61. The molecule has 0 radical (unpaired) electrons. The van der Waals surface area contributed by atoms with Crippen molar-refractivity contribution in [2.45, 2.75) is 33.1 Å². The molecular weight excluding hydrogens is 260 g/mol. The molecule has 0 spiro atoms. The summed E-state index contributed by atoms with van der Waals surface area (Å²) in [6, 6.07) is 12.5. The number of anilines is 2.